The van der Waals surface area contributed by atoms with Crippen LogP contribution < -0.4 is 15.8 Å². The number of carboxylic acid groups (broad SMARTS) is 1. The van der Waals surface area contributed by atoms with Gasteiger partial charge in [-0.3, -0.25) is 9.20 Å². The molecule has 4 aromatic rings. The second kappa shape index (κ2) is 8.94. The van der Waals surface area contributed by atoms with Gasteiger partial charge in [-0.1, -0.05) is 24.3 Å². The molecule has 4 heterocycles. The molecule has 0 radical (unpaired) electrons. The SMILES string of the molecule is Cc1cc([C@@H](C)Nc2cnc(Cl)nc2C(=O)O)c2nc(N3Cc4ccccc4C3)c(C#N)c(=O)n2c1. The summed E-state index contributed by atoms with van der Waals surface area (Å²) in [6.45, 7) is 4.71. The standard InChI is InChI=1S/C25H20ClN7O3/c1-13-7-17(14(2)29-19-9-28-25(26)30-20(19)24(35)36)22-31-21(18(8-27)23(34)33(22)10-13)32-11-15-5-3-4-6-16(15)12-32/h3-7,9-10,14,29H,11-12H2,1-2H3,(H,35,36)/t14-/m1/s1. The monoisotopic (exact) mass is 501 g/mol. The molecule has 36 heavy (non-hydrogen) atoms. The highest BCUT2D eigenvalue weighted by atomic mass is 35.5. The van der Waals surface area contributed by atoms with Crippen LogP contribution in [0.5, 0.6) is 0 Å². The summed E-state index contributed by atoms with van der Waals surface area (Å²) in [5.74, 6) is -0.941. The fraction of sp³-hybridized carbons (Fsp3) is 0.200. The van der Waals surface area contributed by atoms with Gasteiger partial charge in [0.15, 0.2) is 17.1 Å². The van der Waals surface area contributed by atoms with Crippen LogP contribution in [0.3, 0.4) is 0 Å². The van der Waals surface area contributed by atoms with E-state index in [1.165, 1.54) is 10.6 Å². The lowest BCUT2D eigenvalue weighted by Gasteiger charge is -2.22. The smallest absolute Gasteiger partial charge is 0.356 e. The van der Waals surface area contributed by atoms with Crippen molar-refractivity contribution in [1.29, 1.82) is 5.26 Å². The van der Waals surface area contributed by atoms with Crippen LogP contribution in [0, 0.1) is 18.3 Å². The lowest BCUT2D eigenvalue weighted by molar-refractivity contribution is 0.0691. The van der Waals surface area contributed by atoms with E-state index in [9.17, 15) is 20.0 Å². The van der Waals surface area contributed by atoms with Gasteiger partial charge in [0.25, 0.3) is 5.56 Å². The molecule has 0 saturated carbocycles. The normalized spacial score (nSPS) is 13.3. The molecule has 1 aromatic carbocycles. The van der Waals surface area contributed by atoms with Gasteiger partial charge in [0.1, 0.15) is 11.7 Å². The van der Waals surface area contributed by atoms with Crippen molar-refractivity contribution in [2.24, 2.45) is 0 Å². The predicted octanol–water partition coefficient (Wildman–Crippen LogP) is 3.71. The number of halogens is 1. The molecular weight excluding hydrogens is 482 g/mol. The van der Waals surface area contributed by atoms with Crippen molar-refractivity contribution >= 4 is 34.7 Å². The Balaban J connectivity index is 1.63. The highest BCUT2D eigenvalue weighted by Crippen LogP contribution is 2.30. The number of hydrogen-bond donors (Lipinski definition) is 2. The van der Waals surface area contributed by atoms with Crippen LogP contribution in [0.4, 0.5) is 11.5 Å². The number of aromatic nitrogens is 4. The van der Waals surface area contributed by atoms with Crippen molar-refractivity contribution < 1.29 is 9.90 Å². The molecule has 10 nitrogen and oxygen atoms in total. The van der Waals surface area contributed by atoms with E-state index in [2.05, 4.69) is 15.3 Å². The lowest BCUT2D eigenvalue weighted by atomic mass is 10.1. The summed E-state index contributed by atoms with van der Waals surface area (Å²) < 4.78 is 1.37. The Hall–Kier alpha value is -4.49. The van der Waals surface area contributed by atoms with Crippen LogP contribution in [-0.4, -0.2) is 30.4 Å². The summed E-state index contributed by atoms with van der Waals surface area (Å²) in [6, 6.07) is 11.4. The molecule has 2 N–H and O–H groups in total. The summed E-state index contributed by atoms with van der Waals surface area (Å²) in [5.41, 5.74) is 3.41. The van der Waals surface area contributed by atoms with Crippen molar-refractivity contribution in [3.8, 4) is 6.07 Å². The molecule has 0 aliphatic carbocycles. The summed E-state index contributed by atoms with van der Waals surface area (Å²) in [7, 11) is 0. The van der Waals surface area contributed by atoms with Crippen LogP contribution in [0.25, 0.3) is 5.65 Å². The first-order valence-electron chi connectivity index (χ1n) is 11.1. The number of nitrogens with zero attached hydrogens (tertiary/aromatic N) is 6. The zero-order valence-electron chi connectivity index (χ0n) is 19.4. The van der Waals surface area contributed by atoms with Crippen molar-refractivity contribution in [3.05, 3.63) is 91.9 Å². The van der Waals surface area contributed by atoms with Crippen molar-refractivity contribution in [2.45, 2.75) is 33.0 Å². The number of carboxylic acids is 1. The Morgan fingerprint density at radius 2 is 1.94 bits per heavy atom. The number of benzene rings is 1. The number of pyridine rings is 1. The van der Waals surface area contributed by atoms with Crippen LogP contribution >= 0.6 is 11.6 Å². The van der Waals surface area contributed by atoms with E-state index in [-0.39, 0.29) is 22.2 Å². The molecule has 3 aromatic heterocycles. The fourth-order valence-corrected chi connectivity index (χ4v) is 4.60. The Kier molecular flexibility index (Phi) is 5.78. The van der Waals surface area contributed by atoms with Gasteiger partial charge in [-0.2, -0.15) is 5.26 Å². The van der Waals surface area contributed by atoms with Gasteiger partial charge in [-0.05, 0) is 48.2 Å². The second-order valence-electron chi connectivity index (χ2n) is 8.59. The quantitative estimate of drug-likeness (QED) is 0.392. The molecule has 1 aliphatic rings. The maximum absolute atomic E-state index is 13.4. The van der Waals surface area contributed by atoms with Crippen LogP contribution in [0.1, 0.15) is 51.3 Å². The molecule has 0 unspecified atom stereocenters. The number of aromatic carboxylic acids is 1. The van der Waals surface area contributed by atoms with Gasteiger partial charge in [0.2, 0.25) is 5.28 Å². The van der Waals surface area contributed by atoms with Gasteiger partial charge in [0, 0.05) is 24.8 Å². The van der Waals surface area contributed by atoms with Gasteiger partial charge in [-0.25, -0.2) is 19.7 Å². The van der Waals surface area contributed by atoms with Crippen LogP contribution in [-0.2, 0) is 13.1 Å². The topological polar surface area (TPSA) is 137 Å². The lowest BCUT2D eigenvalue weighted by Crippen LogP contribution is -2.27. The number of hydrogen-bond acceptors (Lipinski definition) is 8. The first-order valence-corrected chi connectivity index (χ1v) is 11.5. The summed E-state index contributed by atoms with van der Waals surface area (Å²) in [5, 5.41) is 22.3. The Bertz CT molecular complexity index is 1620. The largest absolute Gasteiger partial charge is 0.476 e. The third-order valence-electron chi connectivity index (χ3n) is 6.12. The minimum Gasteiger partial charge on any atom is -0.476 e. The number of carbonyl (C=O) groups is 1. The zero-order chi connectivity index (χ0) is 25.6. The number of anilines is 2. The van der Waals surface area contributed by atoms with Crippen molar-refractivity contribution in [3.63, 3.8) is 0 Å². The van der Waals surface area contributed by atoms with Gasteiger partial charge in [0.05, 0.1) is 17.9 Å². The van der Waals surface area contributed by atoms with Crippen LogP contribution in [0.15, 0.2) is 47.5 Å². The zero-order valence-corrected chi connectivity index (χ0v) is 20.1. The Labute approximate surface area is 210 Å². The molecule has 5 rings (SSSR count). The third kappa shape index (κ3) is 3.99. The highest BCUT2D eigenvalue weighted by Gasteiger charge is 2.26. The second-order valence-corrected chi connectivity index (χ2v) is 8.93. The fourth-order valence-electron chi connectivity index (χ4n) is 4.46. The maximum atomic E-state index is 13.4. The first-order chi connectivity index (χ1) is 17.3. The third-order valence-corrected chi connectivity index (χ3v) is 6.31. The van der Waals surface area contributed by atoms with Gasteiger partial charge >= 0.3 is 5.97 Å². The maximum Gasteiger partial charge on any atom is 0.356 e. The number of rotatable bonds is 5. The molecule has 180 valence electrons. The van der Waals surface area contributed by atoms with E-state index in [1.54, 1.807) is 6.20 Å². The van der Waals surface area contributed by atoms with E-state index in [0.29, 0.717) is 30.1 Å². The van der Waals surface area contributed by atoms with Gasteiger partial charge < -0.3 is 15.3 Å². The molecule has 0 spiro atoms. The number of nitriles is 1. The van der Waals surface area contributed by atoms with Crippen molar-refractivity contribution in [2.75, 3.05) is 10.2 Å². The number of aryl methyl sites for hydroxylation is 1. The first kappa shape index (κ1) is 23.3. The molecule has 0 bridgehead atoms. The van der Waals surface area contributed by atoms with E-state index >= 15 is 0 Å². The predicted molar refractivity (Wildman–Crippen MR) is 133 cm³/mol. The Morgan fingerprint density at radius 1 is 1.25 bits per heavy atom. The van der Waals surface area contributed by atoms with E-state index in [4.69, 9.17) is 16.6 Å². The molecule has 1 atom stereocenters. The molecule has 0 amide bonds. The summed E-state index contributed by atoms with van der Waals surface area (Å²) >= 11 is 5.78. The van der Waals surface area contributed by atoms with Crippen LogP contribution in [0.2, 0.25) is 5.28 Å². The summed E-state index contributed by atoms with van der Waals surface area (Å²) in [4.78, 5) is 39.5. The average Bonchev–Trinajstić information content (AvgIpc) is 3.29. The Morgan fingerprint density at radius 3 is 2.58 bits per heavy atom. The molecular formula is C25H20ClN7O3. The minimum atomic E-state index is -1.26. The molecule has 0 fully saturated rings. The van der Waals surface area contributed by atoms with Crippen molar-refractivity contribution in [1.82, 2.24) is 19.4 Å². The van der Waals surface area contributed by atoms with Gasteiger partial charge in [-0.15, -0.1) is 0 Å². The highest BCUT2D eigenvalue weighted by molar-refractivity contribution is 6.28. The average molecular weight is 502 g/mol. The number of fused-ring (bicyclic) bond motifs is 2. The van der Waals surface area contributed by atoms with E-state index < -0.39 is 17.6 Å². The molecule has 1 aliphatic heterocycles. The number of nitrogens with one attached hydrogen (secondary N) is 1. The van der Waals surface area contributed by atoms with E-state index in [1.807, 2.05) is 55.1 Å². The summed E-state index contributed by atoms with van der Waals surface area (Å²) in [6.07, 6.45) is 2.94. The van der Waals surface area contributed by atoms with E-state index in [0.717, 1.165) is 16.7 Å². The molecule has 0 saturated heterocycles. The minimum absolute atomic E-state index is 0.0308. The molecule has 11 heteroatoms.